The second-order valence-electron chi connectivity index (χ2n) is 7.78. The van der Waals surface area contributed by atoms with Crippen LogP contribution >= 0.6 is 0 Å². The first-order valence-electron chi connectivity index (χ1n) is 10.8. The van der Waals surface area contributed by atoms with Crippen LogP contribution in [0.15, 0.2) is 94.1 Å². The van der Waals surface area contributed by atoms with E-state index in [1.54, 1.807) is 19.1 Å². The SMILES string of the molecule is Cc1cc(=O)oc2cc(OC(=O)C(Cc3ccccc3)NC(=O)OCc3ccccc3)ccc12. The molecule has 1 heterocycles. The van der Waals surface area contributed by atoms with Crippen LogP contribution in [0, 0.1) is 6.92 Å². The minimum Gasteiger partial charge on any atom is -0.445 e. The van der Waals surface area contributed by atoms with Crippen LogP contribution in [-0.4, -0.2) is 18.1 Å². The molecule has 0 spiro atoms. The molecule has 1 amide bonds. The average molecular weight is 457 g/mol. The molecule has 7 heteroatoms. The highest BCUT2D eigenvalue weighted by Crippen LogP contribution is 2.22. The second kappa shape index (κ2) is 10.5. The van der Waals surface area contributed by atoms with Crippen molar-refractivity contribution in [2.45, 2.75) is 26.0 Å². The van der Waals surface area contributed by atoms with Crippen molar-refractivity contribution in [1.82, 2.24) is 5.32 Å². The molecule has 4 rings (SSSR count). The molecule has 34 heavy (non-hydrogen) atoms. The van der Waals surface area contributed by atoms with Crippen molar-refractivity contribution in [3.63, 3.8) is 0 Å². The molecule has 3 aromatic carbocycles. The van der Waals surface area contributed by atoms with Gasteiger partial charge in [0.05, 0.1) is 0 Å². The molecule has 1 unspecified atom stereocenters. The van der Waals surface area contributed by atoms with E-state index in [0.717, 1.165) is 22.1 Å². The Bertz CT molecular complexity index is 1350. The van der Waals surface area contributed by atoms with Gasteiger partial charge in [-0.25, -0.2) is 14.4 Å². The highest BCUT2D eigenvalue weighted by molar-refractivity contribution is 5.85. The maximum Gasteiger partial charge on any atom is 0.408 e. The summed E-state index contributed by atoms with van der Waals surface area (Å²) in [5, 5.41) is 3.34. The standard InChI is InChI=1S/C27H23NO6/c1-18-14-25(29)34-24-16-21(12-13-22(18)24)33-26(30)23(15-19-8-4-2-5-9-19)28-27(31)32-17-20-10-6-3-7-11-20/h2-14,16,23H,15,17H2,1H3,(H,28,31). The third kappa shape index (κ3) is 5.89. The summed E-state index contributed by atoms with van der Waals surface area (Å²) in [6.07, 6.45) is -0.524. The van der Waals surface area contributed by atoms with Gasteiger partial charge < -0.3 is 19.2 Å². The quantitative estimate of drug-likeness (QED) is 0.249. The molecule has 0 aliphatic carbocycles. The van der Waals surface area contributed by atoms with Gasteiger partial charge in [-0.3, -0.25) is 0 Å². The van der Waals surface area contributed by atoms with Gasteiger partial charge in [0.25, 0.3) is 0 Å². The molecule has 0 saturated carbocycles. The lowest BCUT2D eigenvalue weighted by Gasteiger charge is -2.18. The summed E-state index contributed by atoms with van der Waals surface area (Å²) < 4.78 is 16.0. The van der Waals surface area contributed by atoms with Crippen LogP contribution in [0.1, 0.15) is 16.7 Å². The van der Waals surface area contributed by atoms with Crippen LogP contribution in [0.25, 0.3) is 11.0 Å². The maximum atomic E-state index is 13.0. The number of aryl methyl sites for hydroxylation is 1. The molecule has 0 saturated heterocycles. The van der Waals surface area contributed by atoms with Gasteiger partial charge >= 0.3 is 17.7 Å². The number of benzene rings is 3. The van der Waals surface area contributed by atoms with Crippen molar-refractivity contribution in [2.75, 3.05) is 0 Å². The summed E-state index contributed by atoms with van der Waals surface area (Å²) in [4.78, 5) is 37.1. The van der Waals surface area contributed by atoms with E-state index in [2.05, 4.69) is 5.32 Å². The monoisotopic (exact) mass is 457 g/mol. The number of alkyl carbamates (subject to hydrolysis) is 1. The number of fused-ring (bicyclic) bond motifs is 1. The highest BCUT2D eigenvalue weighted by atomic mass is 16.6. The summed E-state index contributed by atoms with van der Waals surface area (Å²) in [7, 11) is 0. The molecule has 0 aliphatic rings. The third-order valence-corrected chi connectivity index (χ3v) is 5.21. The summed E-state index contributed by atoms with van der Waals surface area (Å²) >= 11 is 0. The third-order valence-electron chi connectivity index (χ3n) is 5.21. The number of esters is 1. The zero-order chi connectivity index (χ0) is 23.9. The van der Waals surface area contributed by atoms with Gasteiger partial charge in [0.1, 0.15) is 24.0 Å². The second-order valence-corrected chi connectivity index (χ2v) is 7.78. The van der Waals surface area contributed by atoms with Crippen LogP contribution in [0.4, 0.5) is 4.79 Å². The predicted molar refractivity (Wildman–Crippen MR) is 127 cm³/mol. The summed E-state index contributed by atoms with van der Waals surface area (Å²) in [5.41, 5.74) is 2.25. The van der Waals surface area contributed by atoms with E-state index in [1.165, 1.54) is 12.1 Å². The van der Waals surface area contributed by atoms with E-state index in [-0.39, 0.29) is 18.8 Å². The first-order chi connectivity index (χ1) is 16.5. The lowest BCUT2D eigenvalue weighted by atomic mass is 10.1. The Morgan fingerprint density at radius 2 is 1.59 bits per heavy atom. The van der Waals surface area contributed by atoms with E-state index in [9.17, 15) is 14.4 Å². The number of hydrogen-bond acceptors (Lipinski definition) is 6. The topological polar surface area (TPSA) is 94.8 Å². The van der Waals surface area contributed by atoms with Gasteiger partial charge in [-0.1, -0.05) is 60.7 Å². The number of rotatable bonds is 7. The Labute approximate surface area is 195 Å². The van der Waals surface area contributed by atoms with E-state index < -0.39 is 23.7 Å². The van der Waals surface area contributed by atoms with Crippen molar-refractivity contribution < 1.29 is 23.5 Å². The van der Waals surface area contributed by atoms with Gasteiger partial charge in [-0.15, -0.1) is 0 Å². The van der Waals surface area contributed by atoms with Crippen LogP contribution in [0.5, 0.6) is 5.75 Å². The van der Waals surface area contributed by atoms with Gasteiger partial charge in [0.15, 0.2) is 0 Å². The van der Waals surface area contributed by atoms with E-state index in [4.69, 9.17) is 13.9 Å². The predicted octanol–water partition coefficient (Wildman–Crippen LogP) is 4.54. The molecule has 0 aliphatic heterocycles. The smallest absolute Gasteiger partial charge is 0.408 e. The molecule has 7 nitrogen and oxygen atoms in total. The number of carbonyl (C=O) groups excluding carboxylic acids is 2. The van der Waals surface area contributed by atoms with E-state index in [0.29, 0.717) is 5.58 Å². The number of carbonyl (C=O) groups is 2. The van der Waals surface area contributed by atoms with Crippen molar-refractivity contribution in [2.24, 2.45) is 0 Å². The highest BCUT2D eigenvalue weighted by Gasteiger charge is 2.24. The Kier molecular flexibility index (Phi) is 7.03. The van der Waals surface area contributed by atoms with Crippen molar-refractivity contribution in [3.05, 3.63) is 112 Å². The first kappa shape index (κ1) is 22.8. The normalized spacial score (nSPS) is 11.6. The molecule has 1 N–H and O–H groups in total. The van der Waals surface area contributed by atoms with Gasteiger partial charge in [-0.2, -0.15) is 0 Å². The number of ether oxygens (including phenoxy) is 2. The Balaban J connectivity index is 1.49. The Morgan fingerprint density at radius 3 is 2.29 bits per heavy atom. The molecular formula is C27H23NO6. The van der Waals surface area contributed by atoms with Crippen LogP contribution in [-0.2, 0) is 22.6 Å². The molecule has 0 radical (unpaired) electrons. The fourth-order valence-electron chi connectivity index (χ4n) is 3.51. The summed E-state index contributed by atoms with van der Waals surface area (Å²) in [6, 6.07) is 23.7. The molecular weight excluding hydrogens is 434 g/mol. The first-order valence-corrected chi connectivity index (χ1v) is 10.8. The lowest BCUT2D eigenvalue weighted by molar-refractivity contribution is -0.136. The summed E-state index contributed by atoms with van der Waals surface area (Å²) in [5.74, 6) is -0.473. The molecule has 0 bridgehead atoms. The van der Waals surface area contributed by atoms with Crippen molar-refractivity contribution in [3.8, 4) is 5.75 Å². The Hall–Kier alpha value is -4.39. The number of amides is 1. The molecule has 172 valence electrons. The molecule has 1 atom stereocenters. The van der Waals surface area contributed by atoms with Crippen LogP contribution in [0.3, 0.4) is 0 Å². The minimum absolute atomic E-state index is 0.0723. The summed E-state index contributed by atoms with van der Waals surface area (Å²) in [6.45, 7) is 1.87. The zero-order valence-corrected chi connectivity index (χ0v) is 18.5. The average Bonchev–Trinajstić information content (AvgIpc) is 2.83. The fraction of sp³-hybridized carbons (Fsp3) is 0.148. The van der Waals surface area contributed by atoms with Crippen LogP contribution in [0.2, 0.25) is 0 Å². The zero-order valence-electron chi connectivity index (χ0n) is 18.5. The van der Waals surface area contributed by atoms with Gasteiger partial charge in [0.2, 0.25) is 0 Å². The minimum atomic E-state index is -0.995. The van der Waals surface area contributed by atoms with Crippen molar-refractivity contribution >= 4 is 23.0 Å². The van der Waals surface area contributed by atoms with Crippen molar-refractivity contribution in [1.29, 1.82) is 0 Å². The fourth-order valence-corrected chi connectivity index (χ4v) is 3.51. The molecule has 0 fully saturated rings. The molecule has 4 aromatic rings. The largest absolute Gasteiger partial charge is 0.445 e. The molecule has 1 aromatic heterocycles. The van der Waals surface area contributed by atoms with Gasteiger partial charge in [0, 0.05) is 23.9 Å². The van der Waals surface area contributed by atoms with E-state index in [1.807, 2.05) is 60.7 Å². The number of nitrogens with one attached hydrogen (secondary N) is 1. The number of hydrogen-bond donors (Lipinski definition) is 1. The maximum absolute atomic E-state index is 13.0. The Morgan fingerprint density at radius 1 is 0.912 bits per heavy atom. The van der Waals surface area contributed by atoms with Gasteiger partial charge in [-0.05, 0) is 35.7 Å². The lowest BCUT2D eigenvalue weighted by Crippen LogP contribution is -2.44. The van der Waals surface area contributed by atoms with Crippen LogP contribution < -0.4 is 15.7 Å². The van der Waals surface area contributed by atoms with E-state index >= 15 is 0 Å².